The summed E-state index contributed by atoms with van der Waals surface area (Å²) >= 11 is 5.93. The normalized spacial score (nSPS) is 14.0. The first-order valence-electron chi connectivity index (χ1n) is 10.6. The monoisotopic (exact) mass is 463 g/mol. The van der Waals surface area contributed by atoms with E-state index in [9.17, 15) is 4.79 Å². The van der Waals surface area contributed by atoms with E-state index in [4.69, 9.17) is 16.3 Å². The second-order valence-electron chi connectivity index (χ2n) is 7.74. The molecule has 2 aromatic carbocycles. The molecule has 33 heavy (non-hydrogen) atoms. The van der Waals surface area contributed by atoms with Crippen molar-refractivity contribution in [3.05, 3.63) is 65.4 Å². The summed E-state index contributed by atoms with van der Waals surface area (Å²) in [5.41, 5.74) is 3.06. The number of hydrogen-bond donors (Lipinski definition) is 0. The van der Waals surface area contributed by atoms with Crippen molar-refractivity contribution in [3.8, 4) is 11.4 Å². The van der Waals surface area contributed by atoms with Crippen LogP contribution in [-0.4, -0.2) is 69.1 Å². The van der Waals surface area contributed by atoms with Gasteiger partial charge < -0.3 is 14.5 Å². The average Bonchev–Trinajstić information content (AvgIpc) is 3.30. The Hall–Kier alpha value is -3.72. The molecular weight excluding hydrogens is 442 g/mol. The number of halogens is 1. The fourth-order valence-corrected chi connectivity index (χ4v) is 4.05. The van der Waals surface area contributed by atoms with E-state index < -0.39 is 0 Å². The van der Waals surface area contributed by atoms with Crippen LogP contribution < -0.4 is 9.64 Å². The largest absolute Gasteiger partial charge is 0.497 e. The zero-order valence-corrected chi connectivity index (χ0v) is 18.8. The molecule has 1 aliphatic heterocycles. The molecule has 168 valence electrons. The molecule has 0 saturated carbocycles. The number of benzene rings is 2. The van der Waals surface area contributed by atoms with Gasteiger partial charge in [-0.25, -0.2) is 9.97 Å². The molecule has 0 radical (unpaired) electrons. The zero-order valence-electron chi connectivity index (χ0n) is 18.1. The number of nitrogens with zero attached hydrogens (tertiary/aromatic N) is 7. The van der Waals surface area contributed by atoms with E-state index in [1.54, 1.807) is 11.8 Å². The minimum atomic E-state index is 0.107. The van der Waals surface area contributed by atoms with Gasteiger partial charge in [-0.15, -0.1) is 5.10 Å². The summed E-state index contributed by atoms with van der Waals surface area (Å²) in [6.07, 6.45) is 1.89. The SMILES string of the molecule is COc1ccc(-n2nnc3c(N4CCN(C(=O)Cc5ccc(Cl)cc5)CC4)ncnc32)cc1. The Bertz CT molecular complexity index is 1270. The van der Waals surface area contributed by atoms with Crippen LogP contribution in [0.5, 0.6) is 5.75 Å². The quantitative estimate of drug-likeness (QED) is 0.449. The first-order chi connectivity index (χ1) is 16.1. The molecular formula is C23H22ClN7O2. The first-order valence-corrected chi connectivity index (χ1v) is 11.0. The van der Waals surface area contributed by atoms with Crippen LogP contribution in [0.25, 0.3) is 16.9 Å². The number of aromatic nitrogens is 5. The predicted molar refractivity (Wildman–Crippen MR) is 125 cm³/mol. The van der Waals surface area contributed by atoms with Crippen molar-refractivity contribution < 1.29 is 9.53 Å². The maximum absolute atomic E-state index is 12.7. The van der Waals surface area contributed by atoms with Crippen molar-refractivity contribution in [1.29, 1.82) is 0 Å². The topological polar surface area (TPSA) is 89.3 Å². The van der Waals surface area contributed by atoms with Crippen LogP contribution in [0.1, 0.15) is 5.56 Å². The molecule has 0 spiro atoms. The van der Waals surface area contributed by atoms with Crippen molar-refractivity contribution >= 4 is 34.5 Å². The van der Waals surface area contributed by atoms with E-state index in [0.717, 1.165) is 22.8 Å². The number of rotatable bonds is 5. The third kappa shape index (κ3) is 4.31. The highest BCUT2D eigenvalue weighted by atomic mass is 35.5. The van der Waals surface area contributed by atoms with Gasteiger partial charge in [0.05, 0.1) is 19.2 Å². The Morgan fingerprint density at radius 1 is 1.00 bits per heavy atom. The van der Waals surface area contributed by atoms with Crippen molar-refractivity contribution in [1.82, 2.24) is 29.9 Å². The molecule has 5 rings (SSSR count). The molecule has 0 aliphatic carbocycles. The Kier molecular flexibility index (Phi) is 5.78. The van der Waals surface area contributed by atoms with Crippen molar-refractivity contribution in [2.75, 3.05) is 38.2 Å². The van der Waals surface area contributed by atoms with Gasteiger partial charge in [0.15, 0.2) is 17.0 Å². The number of methoxy groups -OCH3 is 1. The van der Waals surface area contributed by atoms with Gasteiger partial charge in [-0.3, -0.25) is 4.79 Å². The number of carbonyl (C=O) groups excluding carboxylic acids is 1. The minimum absolute atomic E-state index is 0.107. The highest BCUT2D eigenvalue weighted by Crippen LogP contribution is 2.24. The predicted octanol–water partition coefficient (Wildman–Crippen LogP) is 2.76. The maximum Gasteiger partial charge on any atom is 0.227 e. The van der Waals surface area contributed by atoms with Gasteiger partial charge in [0.25, 0.3) is 0 Å². The third-order valence-electron chi connectivity index (χ3n) is 5.74. The van der Waals surface area contributed by atoms with Crippen LogP contribution in [0.2, 0.25) is 5.02 Å². The summed E-state index contributed by atoms with van der Waals surface area (Å²) in [5.74, 6) is 1.60. The van der Waals surface area contributed by atoms with Crippen LogP contribution in [0, 0.1) is 0 Å². The summed E-state index contributed by atoms with van der Waals surface area (Å²) in [5, 5.41) is 9.32. The maximum atomic E-state index is 12.7. The molecule has 3 heterocycles. The van der Waals surface area contributed by atoms with Gasteiger partial charge in [-0.2, -0.15) is 4.68 Å². The molecule has 10 heteroatoms. The van der Waals surface area contributed by atoms with Gasteiger partial charge in [-0.05, 0) is 42.0 Å². The Balaban J connectivity index is 1.30. The molecule has 0 atom stereocenters. The molecule has 1 aliphatic rings. The van der Waals surface area contributed by atoms with Crippen LogP contribution in [0.15, 0.2) is 54.9 Å². The smallest absolute Gasteiger partial charge is 0.227 e. The number of fused-ring (bicyclic) bond motifs is 1. The summed E-state index contributed by atoms with van der Waals surface area (Å²) in [7, 11) is 1.63. The van der Waals surface area contributed by atoms with Crippen molar-refractivity contribution in [2.24, 2.45) is 0 Å². The Labute approximate surface area is 195 Å². The fourth-order valence-electron chi connectivity index (χ4n) is 3.92. The second-order valence-corrected chi connectivity index (χ2v) is 8.18. The number of carbonyl (C=O) groups is 1. The van der Waals surface area contributed by atoms with E-state index in [2.05, 4.69) is 25.2 Å². The second kappa shape index (κ2) is 9.03. The van der Waals surface area contributed by atoms with Gasteiger partial charge in [0, 0.05) is 31.2 Å². The summed E-state index contributed by atoms with van der Waals surface area (Å²) in [4.78, 5) is 25.6. The minimum Gasteiger partial charge on any atom is -0.497 e. The summed E-state index contributed by atoms with van der Waals surface area (Å²) < 4.78 is 6.91. The first kappa shape index (κ1) is 21.1. The van der Waals surface area contributed by atoms with Crippen LogP contribution in [-0.2, 0) is 11.2 Å². The lowest BCUT2D eigenvalue weighted by Crippen LogP contribution is -2.49. The summed E-state index contributed by atoms with van der Waals surface area (Å²) in [6, 6.07) is 14.9. The Morgan fingerprint density at radius 2 is 1.73 bits per heavy atom. The number of amides is 1. The molecule has 1 amide bonds. The third-order valence-corrected chi connectivity index (χ3v) is 5.99. The van der Waals surface area contributed by atoms with E-state index >= 15 is 0 Å². The van der Waals surface area contributed by atoms with Crippen molar-refractivity contribution in [3.63, 3.8) is 0 Å². The standard InChI is InChI=1S/C23H22ClN7O2/c1-33-19-8-6-18(7-9-19)31-23-21(27-28-31)22(25-15-26-23)30-12-10-29(11-13-30)20(32)14-16-2-4-17(24)5-3-16/h2-9,15H,10-14H2,1H3. The number of anilines is 1. The zero-order chi connectivity index (χ0) is 22.8. The summed E-state index contributed by atoms with van der Waals surface area (Å²) in [6.45, 7) is 2.55. The Morgan fingerprint density at radius 3 is 2.42 bits per heavy atom. The fraction of sp³-hybridized carbons (Fsp3) is 0.261. The van der Waals surface area contributed by atoms with Gasteiger partial charge in [-0.1, -0.05) is 28.9 Å². The molecule has 1 saturated heterocycles. The van der Waals surface area contributed by atoms with Crippen LogP contribution in [0.4, 0.5) is 5.82 Å². The number of piperazine rings is 1. The van der Waals surface area contributed by atoms with E-state index in [1.807, 2.05) is 53.4 Å². The van der Waals surface area contributed by atoms with Crippen LogP contribution >= 0.6 is 11.6 Å². The van der Waals surface area contributed by atoms with Gasteiger partial charge >= 0.3 is 0 Å². The van der Waals surface area contributed by atoms with E-state index in [-0.39, 0.29) is 5.91 Å². The molecule has 0 bridgehead atoms. The lowest BCUT2D eigenvalue weighted by Gasteiger charge is -2.35. The lowest BCUT2D eigenvalue weighted by molar-refractivity contribution is -0.130. The van der Waals surface area contributed by atoms with Crippen LogP contribution in [0.3, 0.4) is 0 Å². The van der Waals surface area contributed by atoms with Gasteiger partial charge in [0.2, 0.25) is 5.91 Å². The molecule has 0 unspecified atom stereocenters. The highest BCUT2D eigenvalue weighted by Gasteiger charge is 2.25. The number of hydrogen-bond acceptors (Lipinski definition) is 7. The average molecular weight is 464 g/mol. The molecule has 9 nitrogen and oxygen atoms in total. The molecule has 0 N–H and O–H groups in total. The lowest BCUT2D eigenvalue weighted by atomic mass is 10.1. The van der Waals surface area contributed by atoms with Crippen molar-refractivity contribution in [2.45, 2.75) is 6.42 Å². The molecule has 4 aromatic rings. The molecule has 1 fully saturated rings. The molecule has 2 aromatic heterocycles. The van der Waals surface area contributed by atoms with Gasteiger partial charge in [0.1, 0.15) is 12.1 Å². The van der Waals surface area contributed by atoms with E-state index in [1.165, 1.54) is 6.33 Å². The number of ether oxygens (including phenoxy) is 1. The van der Waals surface area contributed by atoms with E-state index in [0.29, 0.717) is 48.8 Å². The highest BCUT2D eigenvalue weighted by molar-refractivity contribution is 6.30.